The molecule has 2 rings (SSSR count). The minimum atomic E-state index is 0.00282. The van der Waals surface area contributed by atoms with Crippen LogP contribution in [0.25, 0.3) is 10.1 Å². The number of hydrogen-bond donors (Lipinski definition) is 1. The van der Waals surface area contributed by atoms with Crippen LogP contribution in [0, 0.1) is 0 Å². The van der Waals surface area contributed by atoms with Gasteiger partial charge in [0.15, 0.2) is 0 Å². The van der Waals surface area contributed by atoms with Gasteiger partial charge in [-0.3, -0.25) is 4.79 Å². The maximum absolute atomic E-state index is 11.8. The molecule has 0 fully saturated rings. The van der Waals surface area contributed by atoms with Gasteiger partial charge < -0.3 is 5.32 Å². The predicted molar refractivity (Wildman–Crippen MR) is 69.0 cm³/mol. The van der Waals surface area contributed by atoms with Gasteiger partial charge in [0.1, 0.15) is 0 Å². The Labute approximate surface area is 98.6 Å². The first kappa shape index (κ1) is 10.9. The molecule has 16 heavy (non-hydrogen) atoms. The molecular formula is C13H13NOS. The van der Waals surface area contributed by atoms with Gasteiger partial charge >= 0.3 is 0 Å². The highest BCUT2D eigenvalue weighted by molar-refractivity contribution is 7.20. The molecule has 0 bridgehead atoms. The number of amides is 1. The fourth-order valence-electron chi connectivity index (χ4n) is 1.47. The van der Waals surface area contributed by atoms with E-state index in [9.17, 15) is 4.79 Å². The smallest absolute Gasteiger partial charge is 0.261 e. The van der Waals surface area contributed by atoms with Gasteiger partial charge in [-0.1, -0.05) is 24.3 Å². The second-order valence-electron chi connectivity index (χ2n) is 3.48. The quantitative estimate of drug-likeness (QED) is 0.635. The Kier molecular flexibility index (Phi) is 3.37. The van der Waals surface area contributed by atoms with Crippen molar-refractivity contribution in [2.45, 2.75) is 6.42 Å². The molecule has 0 aliphatic carbocycles. The zero-order chi connectivity index (χ0) is 11.4. The van der Waals surface area contributed by atoms with Crippen molar-refractivity contribution in [2.24, 2.45) is 0 Å². The van der Waals surface area contributed by atoms with E-state index >= 15 is 0 Å². The number of rotatable bonds is 4. The van der Waals surface area contributed by atoms with Crippen molar-refractivity contribution in [1.29, 1.82) is 0 Å². The van der Waals surface area contributed by atoms with Gasteiger partial charge in [-0.15, -0.1) is 17.9 Å². The summed E-state index contributed by atoms with van der Waals surface area (Å²) in [5, 5.41) is 3.99. The third-order valence-corrected chi connectivity index (χ3v) is 3.40. The third kappa shape index (κ3) is 2.31. The molecule has 0 radical (unpaired) electrons. The largest absolute Gasteiger partial charge is 0.351 e. The molecule has 2 nitrogen and oxygen atoms in total. The van der Waals surface area contributed by atoms with Crippen LogP contribution >= 0.6 is 11.3 Å². The summed E-state index contributed by atoms with van der Waals surface area (Å²) >= 11 is 1.53. The zero-order valence-electron chi connectivity index (χ0n) is 8.90. The van der Waals surface area contributed by atoms with Crippen LogP contribution in [0.1, 0.15) is 16.1 Å². The Hall–Kier alpha value is -1.61. The molecule has 1 heterocycles. The number of carbonyl (C=O) groups is 1. The summed E-state index contributed by atoms with van der Waals surface area (Å²) in [6, 6.07) is 9.95. The molecule has 0 saturated carbocycles. The molecule has 82 valence electrons. The maximum atomic E-state index is 11.8. The van der Waals surface area contributed by atoms with Crippen LogP contribution in [0.15, 0.2) is 43.0 Å². The van der Waals surface area contributed by atoms with E-state index in [4.69, 9.17) is 0 Å². The second-order valence-corrected chi connectivity index (χ2v) is 4.57. The van der Waals surface area contributed by atoms with E-state index < -0.39 is 0 Å². The maximum Gasteiger partial charge on any atom is 0.261 e. The van der Waals surface area contributed by atoms with Crippen molar-refractivity contribution in [3.05, 3.63) is 47.9 Å². The van der Waals surface area contributed by atoms with E-state index in [1.165, 1.54) is 11.3 Å². The first-order chi connectivity index (χ1) is 7.81. The SMILES string of the molecule is C=CCCNC(=O)c1cc2ccccc2s1. The fourth-order valence-corrected chi connectivity index (χ4v) is 2.45. The first-order valence-electron chi connectivity index (χ1n) is 5.19. The summed E-state index contributed by atoms with van der Waals surface area (Å²) in [5.41, 5.74) is 0. The third-order valence-electron chi connectivity index (χ3n) is 2.28. The van der Waals surface area contributed by atoms with Crippen LogP contribution in [0.5, 0.6) is 0 Å². The van der Waals surface area contributed by atoms with Crippen LogP contribution < -0.4 is 5.32 Å². The fraction of sp³-hybridized carbons (Fsp3) is 0.154. The van der Waals surface area contributed by atoms with E-state index in [-0.39, 0.29) is 5.91 Å². The van der Waals surface area contributed by atoms with Crippen LogP contribution in [0.3, 0.4) is 0 Å². The number of thiophene rings is 1. The normalized spacial score (nSPS) is 10.2. The van der Waals surface area contributed by atoms with E-state index in [0.717, 1.165) is 21.4 Å². The number of carbonyl (C=O) groups excluding carboxylic acids is 1. The molecule has 3 heteroatoms. The second kappa shape index (κ2) is 4.94. The van der Waals surface area contributed by atoms with Gasteiger partial charge in [-0.05, 0) is 23.9 Å². The minimum Gasteiger partial charge on any atom is -0.351 e. The molecule has 0 atom stereocenters. The summed E-state index contributed by atoms with van der Waals surface area (Å²) in [7, 11) is 0. The van der Waals surface area contributed by atoms with Crippen molar-refractivity contribution >= 4 is 27.3 Å². The molecule has 0 aliphatic rings. The number of benzene rings is 1. The van der Waals surface area contributed by atoms with Crippen molar-refractivity contribution in [3.63, 3.8) is 0 Å². The number of hydrogen-bond acceptors (Lipinski definition) is 2. The lowest BCUT2D eigenvalue weighted by atomic mass is 10.2. The molecule has 1 aromatic heterocycles. The van der Waals surface area contributed by atoms with Crippen LogP contribution in [-0.2, 0) is 0 Å². The summed E-state index contributed by atoms with van der Waals surface area (Å²) in [6.45, 7) is 4.27. The van der Waals surface area contributed by atoms with Crippen LogP contribution in [0.4, 0.5) is 0 Å². The Morgan fingerprint density at radius 2 is 2.25 bits per heavy atom. The predicted octanol–water partition coefficient (Wildman–Crippen LogP) is 3.21. The summed E-state index contributed by atoms with van der Waals surface area (Å²) in [4.78, 5) is 12.5. The topological polar surface area (TPSA) is 29.1 Å². The van der Waals surface area contributed by atoms with E-state index in [1.54, 1.807) is 6.08 Å². The van der Waals surface area contributed by atoms with Gasteiger partial charge in [0.05, 0.1) is 4.88 Å². The van der Waals surface area contributed by atoms with Crippen molar-refractivity contribution in [3.8, 4) is 0 Å². The lowest BCUT2D eigenvalue weighted by Crippen LogP contribution is -2.22. The van der Waals surface area contributed by atoms with Crippen molar-refractivity contribution in [2.75, 3.05) is 6.54 Å². The van der Waals surface area contributed by atoms with Gasteiger partial charge in [0.2, 0.25) is 0 Å². The Morgan fingerprint density at radius 3 is 3.00 bits per heavy atom. The average molecular weight is 231 g/mol. The standard InChI is InChI=1S/C13H13NOS/c1-2-3-8-14-13(15)12-9-10-6-4-5-7-11(10)16-12/h2,4-7,9H,1,3,8H2,(H,14,15). The molecular weight excluding hydrogens is 218 g/mol. The van der Waals surface area contributed by atoms with E-state index in [1.807, 2.05) is 30.3 Å². The van der Waals surface area contributed by atoms with Gasteiger partial charge in [-0.2, -0.15) is 0 Å². The number of fused-ring (bicyclic) bond motifs is 1. The van der Waals surface area contributed by atoms with Gasteiger partial charge in [0, 0.05) is 11.2 Å². The minimum absolute atomic E-state index is 0.00282. The molecule has 0 aliphatic heterocycles. The molecule has 0 spiro atoms. The van der Waals surface area contributed by atoms with Gasteiger partial charge in [-0.25, -0.2) is 0 Å². The van der Waals surface area contributed by atoms with E-state index in [2.05, 4.69) is 11.9 Å². The van der Waals surface area contributed by atoms with Crippen molar-refractivity contribution < 1.29 is 4.79 Å². The summed E-state index contributed by atoms with van der Waals surface area (Å²) in [5.74, 6) is 0.00282. The van der Waals surface area contributed by atoms with Crippen molar-refractivity contribution in [1.82, 2.24) is 5.32 Å². The van der Waals surface area contributed by atoms with Crippen LogP contribution in [0.2, 0.25) is 0 Å². The first-order valence-corrected chi connectivity index (χ1v) is 6.00. The summed E-state index contributed by atoms with van der Waals surface area (Å²) < 4.78 is 1.15. The monoisotopic (exact) mass is 231 g/mol. The zero-order valence-corrected chi connectivity index (χ0v) is 9.72. The van der Waals surface area contributed by atoms with Crippen LogP contribution in [-0.4, -0.2) is 12.5 Å². The Morgan fingerprint density at radius 1 is 1.44 bits per heavy atom. The molecule has 0 saturated heterocycles. The summed E-state index contributed by atoms with van der Waals surface area (Å²) in [6.07, 6.45) is 2.60. The van der Waals surface area contributed by atoms with Gasteiger partial charge in [0.25, 0.3) is 5.91 Å². The average Bonchev–Trinajstić information content (AvgIpc) is 2.73. The highest BCUT2D eigenvalue weighted by atomic mass is 32.1. The molecule has 1 aromatic carbocycles. The molecule has 1 amide bonds. The molecule has 1 N–H and O–H groups in total. The Balaban J connectivity index is 2.13. The lowest BCUT2D eigenvalue weighted by Gasteiger charge is -1.99. The molecule has 2 aromatic rings. The highest BCUT2D eigenvalue weighted by Crippen LogP contribution is 2.24. The number of nitrogens with one attached hydrogen (secondary N) is 1. The lowest BCUT2D eigenvalue weighted by molar-refractivity contribution is 0.0958. The Bertz CT molecular complexity index is 482. The van der Waals surface area contributed by atoms with E-state index in [0.29, 0.717) is 6.54 Å². The highest BCUT2D eigenvalue weighted by Gasteiger charge is 2.08. The molecule has 0 unspecified atom stereocenters.